The summed E-state index contributed by atoms with van der Waals surface area (Å²) in [5.41, 5.74) is 5.34. The lowest BCUT2D eigenvalue weighted by Crippen LogP contribution is -2.46. The Morgan fingerprint density at radius 1 is 0.680 bits per heavy atom. The highest BCUT2D eigenvalue weighted by atomic mass is 31.2. The van der Waals surface area contributed by atoms with Crippen LogP contribution in [0.3, 0.4) is 0 Å². The van der Waals surface area contributed by atoms with Crippen molar-refractivity contribution in [1.29, 1.82) is 0 Å². The molecule has 0 radical (unpaired) electrons. The van der Waals surface area contributed by atoms with Gasteiger partial charge >= 0.3 is 7.82 Å². The second-order valence-corrected chi connectivity index (χ2v) is 15.1. The predicted molar refractivity (Wildman–Crippen MR) is 209 cm³/mol. The standard InChI is InChI=1S/C40H77N2O7P/c1-3-5-7-9-11-13-15-16-17-18-19-20-22-24-26-28-30-32-39(44)38(36-49-50(46,47)48-34-33-41)42-40(45)35-37(43)31-29-27-25-23-21-14-12-10-8-6-4-2/h23,25,29-32,37-39,43-44H,3-22,24,26-28,33-36,41H2,1-2H3,(H,42,45)(H,46,47)/b25-23-,31-29-,32-30+. The van der Waals surface area contributed by atoms with Gasteiger partial charge in [0.1, 0.15) is 0 Å². The quantitative estimate of drug-likeness (QED) is 0.0241. The summed E-state index contributed by atoms with van der Waals surface area (Å²) in [5, 5.41) is 23.8. The van der Waals surface area contributed by atoms with Crippen LogP contribution < -0.4 is 11.1 Å². The molecular formula is C40H77N2O7P. The number of nitrogens with two attached hydrogens (primary N) is 1. The van der Waals surface area contributed by atoms with Crippen LogP contribution in [0.5, 0.6) is 0 Å². The summed E-state index contributed by atoms with van der Waals surface area (Å²) in [6.07, 6.45) is 38.3. The van der Waals surface area contributed by atoms with Crippen molar-refractivity contribution >= 4 is 13.7 Å². The number of unbranched alkanes of at least 4 members (excludes halogenated alkanes) is 21. The molecule has 0 rings (SSSR count). The third-order valence-electron chi connectivity index (χ3n) is 8.77. The maximum Gasteiger partial charge on any atom is 0.472 e. The topological polar surface area (TPSA) is 151 Å². The van der Waals surface area contributed by atoms with Crippen LogP contribution >= 0.6 is 7.82 Å². The van der Waals surface area contributed by atoms with Crippen LogP contribution in [-0.4, -0.2) is 59.0 Å². The van der Waals surface area contributed by atoms with E-state index in [-0.39, 0.29) is 19.6 Å². The summed E-state index contributed by atoms with van der Waals surface area (Å²) in [7, 11) is -4.41. The Hall–Kier alpha value is -1.32. The van der Waals surface area contributed by atoms with Crippen molar-refractivity contribution in [1.82, 2.24) is 5.32 Å². The lowest BCUT2D eigenvalue weighted by atomic mass is 10.0. The minimum atomic E-state index is -4.41. The summed E-state index contributed by atoms with van der Waals surface area (Å²) in [5.74, 6) is -0.514. The van der Waals surface area contributed by atoms with Gasteiger partial charge in [-0.05, 0) is 32.1 Å². The van der Waals surface area contributed by atoms with Crippen LogP contribution in [0, 0.1) is 0 Å². The van der Waals surface area contributed by atoms with E-state index in [0.717, 1.165) is 25.7 Å². The van der Waals surface area contributed by atoms with Gasteiger partial charge in [0.15, 0.2) is 0 Å². The number of carbonyl (C=O) groups excluding carboxylic acids is 1. The summed E-state index contributed by atoms with van der Waals surface area (Å²) in [6, 6.07) is -1.01. The maximum atomic E-state index is 12.7. The Kier molecular flexibility index (Phi) is 35.1. The van der Waals surface area contributed by atoms with Crippen molar-refractivity contribution in [2.24, 2.45) is 5.73 Å². The van der Waals surface area contributed by atoms with E-state index < -0.39 is 38.6 Å². The van der Waals surface area contributed by atoms with Gasteiger partial charge in [-0.2, -0.15) is 0 Å². The highest BCUT2D eigenvalue weighted by molar-refractivity contribution is 7.47. The molecule has 0 aliphatic heterocycles. The predicted octanol–water partition coefficient (Wildman–Crippen LogP) is 9.75. The first-order valence-corrected chi connectivity index (χ1v) is 21.7. The van der Waals surface area contributed by atoms with Gasteiger partial charge in [0, 0.05) is 6.54 Å². The molecule has 0 heterocycles. The number of allylic oxidation sites excluding steroid dienone is 4. The highest BCUT2D eigenvalue weighted by Gasteiger charge is 2.27. The molecule has 10 heteroatoms. The minimum absolute atomic E-state index is 0.0407. The summed E-state index contributed by atoms with van der Waals surface area (Å²) in [6.45, 7) is 3.90. The van der Waals surface area contributed by atoms with Crippen molar-refractivity contribution in [3.8, 4) is 0 Å². The largest absolute Gasteiger partial charge is 0.472 e. The molecule has 0 aromatic carbocycles. The Balaban J connectivity index is 4.47. The van der Waals surface area contributed by atoms with Gasteiger partial charge in [-0.1, -0.05) is 172 Å². The van der Waals surface area contributed by atoms with Gasteiger partial charge < -0.3 is 26.2 Å². The molecule has 0 aliphatic rings. The first-order chi connectivity index (χ1) is 24.3. The number of hydrogen-bond donors (Lipinski definition) is 5. The molecule has 9 nitrogen and oxygen atoms in total. The fraction of sp³-hybridized carbons (Fsp3) is 0.825. The fourth-order valence-electron chi connectivity index (χ4n) is 5.70. The molecule has 0 spiro atoms. The van der Waals surface area contributed by atoms with Crippen molar-refractivity contribution in [2.75, 3.05) is 19.8 Å². The molecule has 6 N–H and O–H groups in total. The molecule has 0 bridgehead atoms. The van der Waals surface area contributed by atoms with E-state index >= 15 is 0 Å². The number of nitrogens with one attached hydrogen (secondary N) is 1. The zero-order valence-electron chi connectivity index (χ0n) is 32.0. The fourth-order valence-corrected chi connectivity index (χ4v) is 6.46. The zero-order chi connectivity index (χ0) is 37.0. The third-order valence-corrected chi connectivity index (χ3v) is 9.76. The van der Waals surface area contributed by atoms with Gasteiger partial charge in [0.2, 0.25) is 5.91 Å². The van der Waals surface area contributed by atoms with Crippen LogP contribution in [0.15, 0.2) is 36.5 Å². The SMILES string of the molecule is CCCCCCCC/C=C\C/C=C\C(O)CC(=O)NC(COP(=O)(O)OCCN)C(O)/C=C/CCCCCCCCCCCCCCCCC. The van der Waals surface area contributed by atoms with Crippen molar-refractivity contribution in [3.05, 3.63) is 36.5 Å². The lowest BCUT2D eigenvalue weighted by Gasteiger charge is -2.23. The monoisotopic (exact) mass is 729 g/mol. The molecule has 4 atom stereocenters. The molecule has 0 saturated heterocycles. The Morgan fingerprint density at radius 2 is 1.16 bits per heavy atom. The number of aliphatic hydroxyl groups is 2. The maximum absolute atomic E-state index is 12.7. The number of amides is 1. The van der Waals surface area contributed by atoms with Crippen molar-refractivity contribution < 1.29 is 33.5 Å². The van der Waals surface area contributed by atoms with Crippen LogP contribution in [-0.2, 0) is 18.4 Å². The first kappa shape index (κ1) is 48.7. The van der Waals surface area contributed by atoms with E-state index in [1.165, 1.54) is 122 Å². The first-order valence-electron chi connectivity index (χ1n) is 20.2. The number of aliphatic hydroxyl groups excluding tert-OH is 2. The van der Waals surface area contributed by atoms with Crippen molar-refractivity contribution in [2.45, 2.75) is 193 Å². The number of phosphoric acid groups is 1. The minimum Gasteiger partial charge on any atom is -0.389 e. The van der Waals surface area contributed by atoms with Crippen molar-refractivity contribution in [3.63, 3.8) is 0 Å². The second-order valence-electron chi connectivity index (χ2n) is 13.7. The summed E-state index contributed by atoms with van der Waals surface area (Å²) in [4.78, 5) is 22.6. The number of hydrogen-bond acceptors (Lipinski definition) is 7. The van der Waals surface area contributed by atoms with E-state index in [1.807, 2.05) is 12.2 Å². The van der Waals surface area contributed by atoms with Gasteiger partial charge in [-0.25, -0.2) is 4.57 Å². The third kappa shape index (κ3) is 33.8. The normalized spacial score (nSPS) is 15.2. The summed E-state index contributed by atoms with van der Waals surface area (Å²) >= 11 is 0. The molecule has 0 fully saturated rings. The highest BCUT2D eigenvalue weighted by Crippen LogP contribution is 2.43. The van der Waals surface area contributed by atoms with E-state index in [1.54, 1.807) is 12.2 Å². The van der Waals surface area contributed by atoms with Crippen LogP contribution in [0.2, 0.25) is 0 Å². The molecular weight excluding hydrogens is 651 g/mol. The Labute approximate surface area is 306 Å². The molecule has 0 aromatic rings. The number of rotatable bonds is 37. The van der Waals surface area contributed by atoms with Gasteiger partial charge in [-0.3, -0.25) is 13.8 Å². The van der Waals surface area contributed by atoms with Gasteiger partial charge in [0.25, 0.3) is 0 Å². The second kappa shape index (κ2) is 36.1. The molecule has 0 saturated carbocycles. The molecule has 0 aliphatic carbocycles. The van der Waals surface area contributed by atoms with Crippen LogP contribution in [0.25, 0.3) is 0 Å². The van der Waals surface area contributed by atoms with E-state index in [0.29, 0.717) is 6.42 Å². The zero-order valence-corrected chi connectivity index (χ0v) is 32.9. The summed E-state index contributed by atoms with van der Waals surface area (Å²) < 4.78 is 22.0. The molecule has 294 valence electrons. The Morgan fingerprint density at radius 3 is 1.66 bits per heavy atom. The molecule has 0 aromatic heterocycles. The molecule has 1 amide bonds. The van der Waals surface area contributed by atoms with Crippen LogP contribution in [0.4, 0.5) is 0 Å². The molecule has 50 heavy (non-hydrogen) atoms. The average Bonchev–Trinajstić information content (AvgIpc) is 3.09. The van der Waals surface area contributed by atoms with E-state index in [9.17, 15) is 24.5 Å². The molecule has 4 unspecified atom stereocenters. The van der Waals surface area contributed by atoms with E-state index in [2.05, 4.69) is 31.3 Å². The van der Waals surface area contributed by atoms with Gasteiger partial charge in [0.05, 0.1) is 37.9 Å². The smallest absolute Gasteiger partial charge is 0.389 e. The van der Waals surface area contributed by atoms with E-state index in [4.69, 9.17) is 14.8 Å². The lowest BCUT2D eigenvalue weighted by molar-refractivity contribution is -0.124. The Bertz CT molecular complexity index is 899. The van der Waals surface area contributed by atoms with Gasteiger partial charge in [-0.15, -0.1) is 0 Å². The van der Waals surface area contributed by atoms with Crippen LogP contribution in [0.1, 0.15) is 174 Å². The number of carbonyl (C=O) groups is 1. The average molecular weight is 729 g/mol. The number of phosphoric ester groups is 1.